The first-order valence-electron chi connectivity index (χ1n) is 7.74. The van der Waals surface area contributed by atoms with E-state index < -0.39 is 0 Å². The van der Waals surface area contributed by atoms with Crippen molar-refractivity contribution in [2.45, 2.75) is 38.3 Å². The van der Waals surface area contributed by atoms with Crippen LogP contribution in [0.1, 0.15) is 43.0 Å². The fraction of sp³-hybridized carbons (Fsp3) is 0.562. The predicted octanol–water partition coefficient (Wildman–Crippen LogP) is 3.09. The number of rotatable bonds is 3. The number of hydrogen-bond acceptors (Lipinski definition) is 3. The molecule has 0 aliphatic carbocycles. The van der Waals surface area contributed by atoms with Gasteiger partial charge < -0.3 is 15.5 Å². The maximum Gasteiger partial charge on any atom is 0.255 e. The van der Waals surface area contributed by atoms with Crippen LogP contribution in [0.15, 0.2) is 18.2 Å². The van der Waals surface area contributed by atoms with Crippen molar-refractivity contribution in [3.8, 4) is 0 Å². The molecule has 0 radical (unpaired) electrons. The van der Waals surface area contributed by atoms with Crippen molar-refractivity contribution >= 4 is 23.2 Å². The summed E-state index contributed by atoms with van der Waals surface area (Å²) in [5.41, 5.74) is 1.23. The summed E-state index contributed by atoms with van der Waals surface area (Å²) in [6.07, 6.45) is 4.32. The molecule has 1 aromatic carbocycles. The summed E-state index contributed by atoms with van der Waals surface area (Å²) in [4.78, 5) is 14.8. The number of hydrogen-bond donors (Lipinski definition) is 2. The summed E-state index contributed by atoms with van der Waals surface area (Å²) in [6.45, 7) is 5.41. The van der Waals surface area contributed by atoms with Crippen molar-refractivity contribution in [2.75, 3.05) is 25.0 Å². The second kappa shape index (κ2) is 5.85. The molecule has 0 saturated carbocycles. The Morgan fingerprint density at radius 3 is 2.76 bits per heavy atom. The van der Waals surface area contributed by atoms with Gasteiger partial charge in [0.2, 0.25) is 0 Å². The molecule has 0 bridgehead atoms. The van der Waals surface area contributed by atoms with Gasteiger partial charge in [-0.05, 0) is 31.2 Å². The summed E-state index contributed by atoms with van der Waals surface area (Å²) in [5.74, 6) is 0.00225. The Bertz CT molecular complexity index is 538. The minimum absolute atomic E-state index is 0.00225. The Morgan fingerprint density at radius 1 is 1.29 bits per heavy atom. The van der Waals surface area contributed by atoms with Crippen molar-refractivity contribution in [1.82, 2.24) is 10.2 Å². The van der Waals surface area contributed by atoms with Gasteiger partial charge in [0.1, 0.15) is 5.66 Å². The summed E-state index contributed by atoms with van der Waals surface area (Å²) >= 11 is 6.05. The van der Waals surface area contributed by atoms with Crippen LogP contribution in [0.25, 0.3) is 0 Å². The molecule has 21 heavy (non-hydrogen) atoms. The van der Waals surface area contributed by atoms with Gasteiger partial charge in [-0.1, -0.05) is 24.9 Å². The Balaban J connectivity index is 1.72. The second-order valence-corrected chi connectivity index (χ2v) is 6.48. The monoisotopic (exact) mass is 307 g/mol. The van der Waals surface area contributed by atoms with E-state index in [-0.39, 0.29) is 11.6 Å². The molecule has 2 heterocycles. The molecule has 1 saturated heterocycles. The molecule has 4 nitrogen and oxygen atoms in total. The molecular weight excluding hydrogens is 286 g/mol. The van der Waals surface area contributed by atoms with Crippen LogP contribution < -0.4 is 10.6 Å². The molecule has 1 spiro atoms. The number of carbonyl (C=O) groups is 1. The maximum absolute atomic E-state index is 12.3. The number of anilines is 1. The topological polar surface area (TPSA) is 44.4 Å². The predicted molar refractivity (Wildman–Crippen MR) is 85.9 cm³/mol. The molecule has 1 amide bonds. The number of piperidine rings is 1. The molecule has 2 N–H and O–H groups in total. The number of unbranched alkanes of at least 4 members (excludes halogenated alkanes) is 1. The fourth-order valence-electron chi connectivity index (χ4n) is 3.18. The SMILES string of the molecule is CCCCN1CCC2(CC1)NC(=O)c1ccc(Cl)cc1N2. The number of nitrogens with zero attached hydrogens (tertiary/aromatic N) is 1. The molecule has 3 rings (SSSR count). The largest absolute Gasteiger partial charge is 0.362 e. The number of halogens is 1. The van der Waals surface area contributed by atoms with Gasteiger partial charge in [0.15, 0.2) is 0 Å². The van der Waals surface area contributed by atoms with Gasteiger partial charge in [0.05, 0.1) is 11.3 Å². The Labute approximate surface area is 130 Å². The van der Waals surface area contributed by atoms with Crippen LogP contribution in [-0.4, -0.2) is 36.1 Å². The van der Waals surface area contributed by atoms with E-state index in [2.05, 4.69) is 22.5 Å². The first-order valence-corrected chi connectivity index (χ1v) is 8.12. The molecule has 1 aromatic rings. The molecule has 0 unspecified atom stereocenters. The molecular formula is C16H22ClN3O. The number of fused-ring (bicyclic) bond motifs is 1. The van der Waals surface area contributed by atoms with Gasteiger partial charge in [-0.25, -0.2) is 0 Å². The van der Waals surface area contributed by atoms with Crippen molar-refractivity contribution in [1.29, 1.82) is 0 Å². The summed E-state index contributed by atoms with van der Waals surface area (Å²) in [6, 6.07) is 5.39. The lowest BCUT2D eigenvalue weighted by Crippen LogP contribution is -2.62. The molecule has 114 valence electrons. The molecule has 0 aromatic heterocycles. The maximum atomic E-state index is 12.3. The molecule has 2 aliphatic rings. The highest BCUT2D eigenvalue weighted by molar-refractivity contribution is 6.31. The van der Waals surface area contributed by atoms with Gasteiger partial charge in [-0.3, -0.25) is 4.79 Å². The summed E-state index contributed by atoms with van der Waals surface area (Å²) in [5, 5.41) is 7.34. The van der Waals surface area contributed by atoms with Crippen LogP contribution >= 0.6 is 11.6 Å². The lowest BCUT2D eigenvalue weighted by Gasteiger charge is -2.46. The van der Waals surface area contributed by atoms with Crippen LogP contribution in [0.4, 0.5) is 5.69 Å². The molecule has 5 heteroatoms. The average molecular weight is 308 g/mol. The van der Waals surface area contributed by atoms with E-state index in [9.17, 15) is 4.79 Å². The molecule has 0 atom stereocenters. The van der Waals surface area contributed by atoms with Gasteiger partial charge in [0.25, 0.3) is 5.91 Å². The second-order valence-electron chi connectivity index (χ2n) is 6.05. The normalized spacial score (nSPS) is 20.8. The minimum atomic E-state index is -0.308. The summed E-state index contributed by atoms with van der Waals surface area (Å²) in [7, 11) is 0. The van der Waals surface area contributed by atoms with Crippen molar-refractivity contribution in [2.24, 2.45) is 0 Å². The van der Waals surface area contributed by atoms with Gasteiger partial charge >= 0.3 is 0 Å². The molecule has 2 aliphatic heterocycles. The van der Waals surface area contributed by atoms with Crippen molar-refractivity contribution in [3.05, 3.63) is 28.8 Å². The van der Waals surface area contributed by atoms with Crippen LogP contribution in [0.2, 0.25) is 5.02 Å². The first-order chi connectivity index (χ1) is 10.1. The highest BCUT2D eigenvalue weighted by Crippen LogP contribution is 2.32. The lowest BCUT2D eigenvalue weighted by atomic mass is 9.92. The van der Waals surface area contributed by atoms with Crippen LogP contribution in [0, 0.1) is 0 Å². The lowest BCUT2D eigenvalue weighted by molar-refractivity contribution is 0.0828. The van der Waals surface area contributed by atoms with Crippen molar-refractivity contribution in [3.63, 3.8) is 0 Å². The zero-order chi connectivity index (χ0) is 14.9. The quantitative estimate of drug-likeness (QED) is 0.902. The number of benzene rings is 1. The number of carbonyl (C=O) groups excluding carboxylic acids is 1. The fourth-order valence-corrected chi connectivity index (χ4v) is 3.35. The van der Waals surface area contributed by atoms with E-state index in [0.717, 1.165) is 38.2 Å². The third-order valence-electron chi connectivity index (χ3n) is 4.49. The van der Waals surface area contributed by atoms with Gasteiger partial charge in [-0.15, -0.1) is 0 Å². The average Bonchev–Trinajstić information content (AvgIpc) is 2.46. The first kappa shape index (κ1) is 14.7. The van der Waals surface area contributed by atoms with E-state index in [0.29, 0.717) is 10.6 Å². The highest BCUT2D eigenvalue weighted by Gasteiger charge is 2.39. The Kier molecular flexibility index (Phi) is 4.09. The number of nitrogens with one attached hydrogen (secondary N) is 2. The zero-order valence-electron chi connectivity index (χ0n) is 12.4. The highest BCUT2D eigenvalue weighted by atomic mass is 35.5. The van der Waals surface area contributed by atoms with Crippen LogP contribution in [0.3, 0.4) is 0 Å². The molecule has 1 fully saturated rings. The van der Waals surface area contributed by atoms with E-state index in [1.54, 1.807) is 12.1 Å². The van der Waals surface area contributed by atoms with E-state index in [1.165, 1.54) is 12.8 Å². The minimum Gasteiger partial charge on any atom is -0.362 e. The standard InChI is InChI=1S/C16H22ClN3O/c1-2-3-8-20-9-6-16(7-10-20)18-14-11-12(17)4-5-13(14)15(21)19-16/h4-5,11,18H,2-3,6-10H2,1H3,(H,19,21). The Hall–Kier alpha value is -1.26. The number of likely N-dealkylation sites (tertiary alicyclic amines) is 1. The Morgan fingerprint density at radius 2 is 2.05 bits per heavy atom. The zero-order valence-corrected chi connectivity index (χ0v) is 13.2. The van der Waals surface area contributed by atoms with Gasteiger partial charge in [0, 0.05) is 31.0 Å². The smallest absolute Gasteiger partial charge is 0.255 e. The van der Waals surface area contributed by atoms with E-state index >= 15 is 0 Å². The van der Waals surface area contributed by atoms with Crippen LogP contribution in [0.5, 0.6) is 0 Å². The third kappa shape index (κ3) is 3.01. The van der Waals surface area contributed by atoms with Crippen molar-refractivity contribution < 1.29 is 4.79 Å². The number of amides is 1. The third-order valence-corrected chi connectivity index (χ3v) is 4.73. The van der Waals surface area contributed by atoms with Gasteiger partial charge in [-0.2, -0.15) is 0 Å². The summed E-state index contributed by atoms with van der Waals surface area (Å²) < 4.78 is 0. The van der Waals surface area contributed by atoms with Crippen LogP contribution in [-0.2, 0) is 0 Å². The van der Waals surface area contributed by atoms with E-state index in [4.69, 9.17) is 11.6 Å². The van der Waals surface area contributed by atoms with E-state index in [1.807, 2.05) is 6.07 Å².